The molecule has 240 valence electrons. The molecule has 2 atom stereocenters. The zero-order valence-corrected chi connectivity index (χ0v) is 27.5. The lowest BCUT2D eigenvalue weighted by atomic mass is 9.53. The summed E-state index contributed by atoms with van der Waals surface area (Å²) < 4.78 is 5.85. The Labute approximate surface area is 267 Å². The Hall–Kier alpha value is -3.06. The molecule has 5 aliphatic carbocycles. The molecule has 2 aromatic heterocycles. The Morgan fingerprint density at radius 3 is 2.31 bits per heavy atom. The first-order valence-corrected chi connectivity index (χ1v) is 17.5. The number of nitrogens with zero attached hydrogens (tertiary/aromatic N) is 2. The lowest BCUT2D eigenvalue weighted by Crippen LogP contribution is -2.69. The Morgan fingerprint density at radius 1 is 1.00 bits per heavy atom. The molecule has 4 bridgehead atoms. The van der Waals surface area contributed by atoms with Crippen LogP contribution in [0, 0.1) is 36.0 Å². The Morgan fingerprint density at radius 2 is 1.67 bits per heavy atom. The fraction of sp³-hybridized carbons (Fsp3) is 0.632. The third-order valence-corrected chi connectivity index (χ3v) is 13.1. The second kappa shape index (κ2) is 10.5. The van der Waals surface area contributed by atoms with Gasteiger partial charge in [0.15, 0.2) is 0 Å². The molecular formula is C38H50N4O3. The van der Waals surface area contributed by atoms with Crippen molar-refractivity contribution in [1.82, 2.24) is 20.1 Å². The van der Waals surface area contributed by atoms with Crippen molar-refractivity contribution in [2.24, 2.45) is 29.1 Å². The molecule has 1 aromatic carbocycles. The number of para-hydroxylation sites is 1. The van der Waals surface area contributed by atoms with Crippen molar-refractivity contribution in [3.63, 3.8) is 0 Å². The molecule has 6 aliphatic rings. The predicted molar refractivity (Wildman–Crippen MR) is 175 cm³/mol. The number of aryl methyl sites for hydroxylation is 1. The van der Waals surface area contributed by atoms with E-state index in [0.29, 0.717) is 25.8 Å². The number of H-pyrrole nitrogens is 1. The normalized spacial score (nSPS) is 32.9. The summed E-state index contributed by atoms with van der Waals surface area (Å²) in [5.41, 5.74) is 2.70. The van der Waals surface area contributed by atoms with Crippen LogP contribution in [-0.2, 0) is 16.1 Å². The number of aromatic nitrogens is 1. The van der Waals surface area contributed by atoms with Crippen LogP contribution in [0.4, 0.5) is 0 Å². The molecule has 5 saturated carbocycles. The van der Waals surface area contributed by atoms with Crippen LogP contribution in [0.2, 0.25) is 0 Å². The van der Waals surface area contributed by atoms with Gasteiger partial charge >= 0.3 is 0 Å². The van der Waals surface area contributed by atoms with E-state index in [2.05, 4.69) is 67.3 Å². The number of aromatic amines is 1. The number of nitrogens with one attached hydrogen (secondary N) is 2. The third-order valence-electron chi connectivity index (χ3n) is 13.1. The second-order valence-electron chi connectivity index (χ2n) is 16.4. The van der Waals surface area contributed by atoms with Crippen molar-refractivity contribution in [3.05, 3.63) is 59.7 Å². The number of amides is 2. The van der Waals surface area contributed by atoms with Gasteiger partial charge in [-0.2, -0.15) is 0 Å². The van der Waals surface area contributed by atoms with Gasteiger partial charge in [0.1, 0.15) is 11.3 Å². The van der Waals surface area contributed by atoms with Crippen molar-refractivity contribution in [2.45, 2.75) is 102 Å². The smallest absolute Gasteiger partial charge is 0.246 e. The average molecular weight is 611 g/mol. The number of fused-ring (bicyclic) bond motifs is 1. The average Bonchev–Trinajstić information content (AvgIpc) is 3.35. The minimum absolute atomic E-state index is 0.0108. The number of benzene rings is 1. The van der Waals surface area contributed by atoms with E-state index in [1.807, 2.05) is 17.0 Å². The van der Waals surface area contributed by atoms with E-state index < -0.39 is 5.54 Å². The van der Waals surface area contributed by atoms with Gasteiger partial charge in [0.2, 0.25) is 11.8 Å². The van der Waals surface area contributed by atoms with Gasteiger partial charge in [-0.15, -0.1) is 0 Å². The number of hydrogen-bond acceptors (Lipinski definition) is 4. The molecule has 0 radical (unpaired) electrons. The fourth-order valence-electron chi connectivity index (χ4n) is 11.0. The van der Waals surface area contributed by atoms with Gasteiger partial charge in [0.05, 0.1) is 12.8 Å². The molecule has 2 amide bonds. The van der Waals surface area contributed by atoms with Gasteiger partial charge in [-0.05, 0) is 124 Å². The highest BCUT2D eigenvalue weighted by Gasteiger charge is 2.61. The quantitative estimate of drug-likeness (QED) is 0.295. The zero-order chi connectivity index (χ0) is 31.1. The summed E-state index contributed by atoms with van der Waals surface area (Å²) >= 11 is 0. The highest BCUT2D eigenvalue weighted by atomic mass is 16.3. The third kappa shape index (κ3) is 4.87. The number of hydrogen-bond donors (Lipinski definition) is 2. The summed E-state index contributed by atoms with van der Waals surface area (Å²) in [5.74, 6) is 3.62. The van der Waals surface area contributed by atoms with Gasteiger partial charge in [-0.1, -0.05) is 32.0 Å². The van der Waals surface area contributed by atoms with Crippen LogP contribution in [-0.4, -0.2) is 57.8 Å². The number of carbonyl (C=O) groups excluding carboxylic acids is 2. The summed E-state index contributed by atoms with van der Waals surface area (Å²) in [6.07, 6.45) is 10.7. The first-order valence-electron chi connectivity index (χ1n) is 17.5. The molecular weight excluding hydrogens is 560 g/mol. The summed E-state index contributed by atoms with van der Waals surface area (Å²) in [7, 11) is 2.13. The summed E-state index contributed by atoms with van der Waals surface area (Å²) in [6, 6.07) is 12.3. The van der Waals surface area contributed by atoms with E-state index in [1.54, 1.807) is 6.26 Å². The van der Waals surface area contributed by atoms with Crippen molar-refractivity contribution in [1.29, 1.82) is 0 Å². The topological polar surface area (TPSA) is 81.6 Å². The number of piperidine rings is 1. The SMILES string of the molecule is Cc1[nH]c2ccccc2c1[C@@H]1[C@H](CC(=O)N(Cc2ccco2)C2(C(=O)NC34CC5CC(CC(C5)C3)C4)CCN(C)CC2)C1(C)C. The van der Waals surface area contributed by atoms with E-state index in [4.69, 9.17) is 4.42 Å². The number of furan rings is 1. The number of rotatable bonds is 8. The number of carbonyl (C=O) groups is 2. The van der Waals surface area contributed by atoms with E-state index in [-0.39, 0.29) is 34.6 Å². The van der Waals surface area contributed by atoms with Gasteiger partial charge in [-0.25, -0.2) is 0 Å². The van der Waals surface area contributed by atoms with Gasteiger partial charge in [-0.3, -0.25) is 9.59 Å². The fourth-order valence-corrected chi connectivity index (χ4v) is 11.0. The lowest BCUT2D eigenvalue weighted by molar-refractivity contribution is -0.156. The second-order valence-corrected chi connectivity index (χ2v) is 16.4. The maximum Gasteiger partial charge on any atom is 0.246 e. The molecule has 7 heteroatoms. The van der Waals surface area contributed by atoms with E-state index in [1.165, 1.54) is 35.9 Å². The molecule has 3 aromatic rings. The van der Waals surface area contributed by atoms with Crippen LogP contribution in [0.15, 0.2) is 47.1 Å². The standard InChI is InChI=1S/C38H50N4O3/c1-24-33(29-9-5-6-10-31(29)39-24)34-30(36(34,2)3)19-32(43)42(23-28-8-7-15-45-28)38(11-13-41(4)14-12-38)35(44)40-37-20-25-16-26(21-37)18-27(17-25)22-37/h5-10,15,25-27,30,34,39H,11-14,16-23H2,1-4H3,(H,40,44)/t25?,26?,27?,30-,34-,37?/m0/s1. The Bertz CT molecular complexity index is 1560. The van der Waals surface area contributed by atoms with Gasteiger partial charge in [0.25, 0.3) is 0 Å². The summed E-state index contributed by atoms with van der Waals surface area (Å²) in [4.78, 5) is 37.6. The molecule has 2 N–H and O–H groups in total. The lowest BCUT2D eigenvalue weighted by Gasteiger charge is -2.58. The first-order chi connectivity index (χ1) is 21.6. The monoisotopic (exact) mass is 610 g/mol. The van der Waals surface area contributed by atoms with Gasteiger partial charge in [0, 0.05) is 41.6 Å². The first kappa shape index (κ1) is 29.3. The van der Waals surface area contributed by atoms with Crippen molar-refractivity contribution in [2.75, 3.05) is 20.1 Å². The van der Waals surface area contributed by atoms with Crippen LogP contribution in [0.3, 0.4) is 0 Å². The highest BCUT2D eigenvalue weighted by molar-refractivity contribution is 5.93. The predicted octanol–water partition coefficient (Wildman–Crippen LogP) is 6.78. The molecule has 45 heavy (non-hydrogen) atoms. The maximum atomic E-state index is 14.9. The van der Waals surface area contributed by atoms with E-state index in [0.717, 1.165) is 61.4 Å². The van der Waals surface area contributed by atoms with Crippen LogP contribution >= 0.6 is 0 Å². The van der Waals surface area contributed by atoms with Crippen LogP contribution < -0.4 is 5.32 Å². The van der Waals surface area contributed by atoms with Gasteiger partial charge < -0.3 is 24.5 Å². The molecule has 7 nitrogen and oxygen atoms in total. The Kier molecular flexibility index (Phi) is 6.84. The van der Waals surface area contributed by atoms with Crippen LogP contribution in [0.25, 0.3) is 10.9 Å². The van der Waals surface area contributed by atoms with Crippen LogP contribution in [0.1, 0.15) is 94.6 Å². The largest absolute Gasteiger partial charge is 0.467 e. The molecule has 3 heterocycles. The van der Waals surface area contributed by atoms with Crippen molar-refractivity contribution < 1.29 is 14.0 Å². The molecule has 1 aliphatic heterocycles. The highest BCUT2D eigenvalue weighted by Crippen LogP contribution is 2.67. The molecule has 9 rings (SSSR count). The number of likely N-dealkylation sites (tertiary alicyclic amines) is 1. The van der Waals surface area contributed by atoms with Crippen molar-refractivity contribution >= 4 is 22.7 Å². The molecule has 0 unspecified atom stereocenters. The summed E-state index contributed by atoms with van der Waals surface area (Å²) in [6.45, 7) is 8.68. The minimum Gasteiger partial charge on any atom is -0.467 e. The maximum absolute atomic E-state index is 14.9. The van der Waals surface area contributed by atoms with Crippen LogP contribution in [0.5, 0.6) is 0 Å². The minimum atomic E-state index is -0.884. The molecule has 1 saturated heterocycles. The molecule has 0 spiro atoms. The Balaban J connectivity index is 1.11. The molecule has 6 fully saturated rings. The van der Waals surface area contributed by atoms with E-state index >= 15 is 0 Å². The van der Waals surface area contributed by atoms with E-state index in [9.17, 15) is 9.59 Å². The zero-order valence-electron chi connectivity index (χ0n) is 27.5. The van der Waals surface area contributed by atoms with Crippen molar-refractivity contribution in [3.8, 4) is 0 Å². The summed E-state index contributed by atoms with van der Waals surface area (Å²) in [5, 5.41) is 4.98.